The number of unbranched alkanes of at least 4 members (excludes halogenated alkanes) is 1. The van der Waals surface area contributed by atoms with E-state index < -0.39 is 5.97 Å². The van der Waals surface area contributed by atoms with E-state index in [0.29, 0.717) is 5.69 Å². The summed E-state index contributed by atoms with van der Waals surface area (Å²) in [5, 5.41) is 16.5. The lowest BCUT2D eigenvalue weighted by molar-refractivity contribution is 0.0689. The molecule has 2 rings (SSSR count). The van der Waals surface area contributed by atoms with Crippen LogP contribution in [-0.2, 0) is 6.42 Å². The Morgan fingerprint density at radius 2 is 2.00 bits per heavy atom. The maximum Gasteiger partial charge on any atom is 0.358 e. The van der Waals surface area contributed by atoms with Crippen LogP contribution in [0.4, 0.5) is 0 Å². The van der Waals surface area contributed by atoms with Crippen LogP contribution in [0.3, 0.4) is 0 Å². The second-order valence-corrected chi connectivity index (χ2v) is 4.51. The summed E-state index contributed by atoms with van der Waals surface area (Å²) in [6.07, 6.45) is 3.41. The third-order valence-corrected chi connectivity index (χ3v) is 3.10. The highest BCUT2D eigenvalue weighted by atomic mass is 16.4. The monoisotopic (exact) mass is 259 g/mol. The topological polar surface area (TPSA) is 68.0 Å². The molecule has 0 bridgehead atoms. The highest BCUT2D eigenvalue weighted by molar-refractivity contribution is 5.86. The van der Waals surface area contributed by atoms with Gasteiger partial charge in [-0.2, -0.15) is 0 Å². The Labute approximate surface area is 111 Å². The summed E-state index contributed by atoms with van der Waals surface area (Å²) in [4.78, 5) is 10.9. The summed E-state index contributed by atoms with van der Waals surface area (Å²) in [5.74, 6) is -1.05. The molecule has 5 heteroatoms. The number of carboxylic acids is 1. The summed E-state index contributed by atoms with van der Waals surface area (Å²) < 4.78 is 1.55. The van der Waals surface area contributed by atoms with Crippen molar-refractivity contribution in [3.8, 4) is 5.69 Å². The molecule has 0 aliphatic heterocycles. The fraction of sp³-hybridized carbons (Fsp3) is 0.357. The van der Waals surface area contributed by atoms with Gasteiger partial charge in [0.05, 0.1) is 11.4 Å². The standard InChI is InChI=1S/C14H17N3O2/c1-3-4-5-11-6-8-12(9-7-11)17-10(2)13(14(18)19)15-16-17/h6-9H,3-5H2,1-2H3,(H,18,19). The minimum absolute atomic E-state index is 0.00457. The smallest absolute Gasteiger partial charge is 0.358 e. The number of aromatic nitrogens is 3. The van der Waals surface area contributed by atoms with E-state index >= 15 is 0 Å². The van der Waals surface area contributed by atoms with Gasteiger partial charge in [-0.1, -0.05) is 30.7 Å². The van der Waals surface area contributed by atoms with Gasteiger partial charge in [-0.25, -0.2) is 9.48 Å². The molecular formula is C14H17N3O2. The zero-order valence-corrected chi connectivity index (χ0v) is 11.1. The number of nitrogens with zero attached hydrogens (tertiary/aromatic N) is 3. The quantitative estimate of drug-likeness (QED) is 0.896. The van der Waals surface area contributed by atoms with E-state index in [-0.39, 0.29) is 5.69 Å². The van der Waals surface area contributed by atoms with Crippen LogP contribution in [0.2, 0.25) is 0 Å². The number of hydrogen-bond acceptors (Lipinski definition) is 3. The summed E-state index contributed by atoms with van der Waals surface area (Å²) in [5.41, 5.74) is 2.64. The highest BCUT2D eigenvalue weighted by Crippen LogP contribution is 2.14. The van der Waals surface area contributed by atoms with Gasteiger partial charge in [0.15, 0.2) is 5.69 Å². The Kier molecular flexibility index (Phi) is 3.94. The van der Waals surface area contributed by atoms with Crippen molar-refractivity contribution in [1.29, 1.82) is 0 Å². The van der Waals surface area contributed by atoms with Crippen molar-refractivity contribution in [3.05, 3.63) is 41.2 Å². The van der Waals surface area contributed by atoms with Crippen molar-refractivity contribution < 1.29 is 9.90 Å². The molecule has 100 valence electrons. The molecule has 1 heterocycles. The zero-order valence-electron chi connectivity index (χ0n) is 11.1. The predicted molar refractivity (Wildman–Crippen MR) is 71.7 cm³/mol. The van der Waals surface area contributed by atoms with Crippen LogP contribution in [0.1, 0.15) is 41.5 Å². The van der Waals surface area contributed by atoms with Crippen molar-refractivity contribution in [2.45, 2.75) is 33.1 Å². The molecule has 0 fully saturated rings. The van der Waals surface area contributed by atoms with Gasteiger partial charge in [-0.3, -0.25) is 0 Å². The highest BCUT2D eigenvalue weighted by Gasteiger charge is 2.15. The number of aryl methyl sites for hydroxylation is 1. The summed E-state index contributed by atoms with van der Waals surface area (Å²) in [6.45, 7) is 3.87. The Bertz CT molecular complexity index is 573. The molecule has 5 nitrogen and oxygen atoms in total. The molecule has 0 saturated heterocycles. The molecule has 2 aromatic rings. The maximum atomic E-state index is 10.9. The van der Waals surface area contributed by atoms with Crippen molar-refractivity contribution in [3.63, 3.8) is 0 Å². The number of hydrogen-bond donors (Lipinski definition) is 1. The number of carbonyl (C=O) groups is 1. The Balaban J connectivity index is 2.25. The molecule has 1 N–H and O–H groups in total. The first-order valence-corrected chi connectivity index (χ1v) is 6.38. The first-order chi connectivity index (χ1) is 9.13. The van der Waals surface area contributed by atoms with Crippen LogP contribution in [0.25, 0.3) is 5.69 Å². The van der Waals surface area contributed by atoms with E-state index in [2.05, 4.69) is 17.2 Å². The van der Waals surface area contributed by atoms with Crippen molar-refractivity contribution in [1.82, 2.24) is 15.0 Å². The minimum Gasteiger partial charge on any atom is -0.476 e. The zero-order chi connectivity index (χ0) is 13.8. The molecular weight excluding hydrogens is 242 g/mol. The molecule has 0 radical (unpaired) electrons. The molecule has 0 unspecified atom stereocenters. The van der Waals surface area contributed by atoms with Crippen molar-refractivity contribution in [2.75, 3.05) is 0 Å². The van der Waals surface area contributed by atoms with Crippen LogP contribution in [-0.4, -0.2) is 26.1 Å². The second-order valence-electron chi connectivity index (χ2n) is 4.51. The van der Waals surface area contributed by atoms with Crippen LogP contribution in [0, 0.1) is 6.92 Å². The summed E-state index contributed by atoms with van der Waals surface area (Å²) in [7, 11) is 0. The molecule has 0 saturated carbocycles. The predicted octanol–water partition coefficient (Wildman–Crippen LogP) is 2.62. The largest absolute Gasteiger partial charge is 0.476 e. The van der Waals surface area contributed by atoms with Gasteiger partial charge in [0, 0.05) is 0 Å². The lowest BCUT2D eigenvalue weighted by atomic mass is 10.1. The average molecular weight is 259 g/mol. The molecule has 19 heavy (non-hydrogen) atoms. The van der Waals surface area contributed by atoms with E-state index in [9.17, 15) is 4.79 Å². The van der Waals surface area contributed by atoms with E-state index in [1.165, 1.54) is 18.4 Å². The number of rotatable bonds is 5. The lowest BCUT2D eigenvalue weighted by Crippen LogP contribution is -2.02. The van der Waals surface area contributed by atoms with Gasteiger partial charge in [-0.15, -0.1) is 5.10 Å². The van der Waals surface area contributed by atoms with E-state index in [1.807, 2.05) is 24.3 Å². The van der Waals surface area contributed by atoms with E-state index in [4.69, 9.17) is 5.11 Å². The van der Waals surface area contributed by atoms with Gasteiger partial charge in [0.25, 0.3) is 0 Å². The van der Waals surface area contributed by atoms with Crippen LogP contribution in [0.15, 0.2) is 24.3 Å². The number of benzene rings is 1. The van der Waals surface area contributed by atoms with Gasteiger partial charge < -0.3 is 5.11 Å². The third kappa shape index (κ3) is 2.81. The van der Waals surface area contributed by atoms with Gasteiger partial charge in [-0.05, 0) is 37.5 Å². The molecule has 0 atom stereocenters. The minimum atomic E-state index is -1.05. The number of carboxylic acid groups (broad SMARTS) is 1. The molecule has 0 aliphatic rings. The lowest BCUT2D eigenvalue weighted by Gasteiger charge is -2.05. The van der Waals surface area contributed by atoms with Crippen LogP contribution in [0.5, 0.6) is 0 Å². The normalized spacial score (nSPS) is 10.6. The first-order valence-electron chi connectivity index (χ1n) is 6.38. The fourth-order valence-electron chi connectivity index (χ4n) is 1.96. The molecule has 0 amide bonds. The van der Waals surface area contributed by atoms with Crippen molar-refractivity contribution in [2.24, 2.45) is 0 Å². The average Bonchev–Trinajstić information content (AvgIpc) is 2.79. The molecule has 1 aromatic heterocycles. The Hall–Kier alpha value is -2.17. The van der Waals surface area contributed by atoms with Gasteiger partial charge in [0.1, 0.15) is 0 Å². The molecule has 0 spiro atoms. The second kappa shape index (κ2) is 5.65. The van der Waals surface area contributed by atoms with Crippen LogP contribution < -0.4 is 0 Å². The first kappa shape index (κ1) is 13.3. The molecule has 1 aromatic carbocycles. The molecule has 0 aliphatic carbocycles. The van der Waals surface area contributed by atoms with E-state index in [1.54, 1.807) is 11.6 Å². The van der Waals surface area contributed by atoms with Crippen molar-refractivity contribution >= 4 is 5.97 Å². The SMILES string of the molecule is CCCCc1ccc(-n2nnc(C(=O)O)c2C)cc1. The van der Waals surface area contributed by atoms with Crippen LogP contribution >= 0.6 is 0 Å². The Morgan fingerprint density at radius 1 is 1.32 bits per heavy atom. The van der Waals surface area contributed by atoms with E-state index in [0.717, 1.165) is 12.1 Å². The maximum absolute atomic E-state index is 10.9. The fourth-order valence-corrected chi connectivity index (χ4v) is 1.96. The van der Waals surface area contributed by atoms with Gasteiger partial charge in [0.2, 0.25) is 0 Å². The Morgan fingerprint density at radius 3 is 2.53 bits per heavy atom. The number of aromatic carboxylic acids is 1. The summed E-state index contributed by atoms with van der Waals surface area (Å²) >= 11 is 0. The van der Waals surface area contributed by atoms with Gasteiger partial charge >= 0.3 is 5.97 Å². The third-order valence-electron chi connectivity index (χ3n) is 3.10. The summed E-state index contributed by atoms with van der Waals surface area (Å²) in [6, 6.07) is 7.98.